The third-order valence-corrected chi connectivity index (χ3v) is 7.68. The number of benzene rings is 1. The van der Waals surface area contributed by atoms with E-state index in [0.717, 1.165) is 37.6 Å². The number of pyridine rings is 1. The molecule has 1 saturated carbocycles. The van der Waals surface area contributed by atoms with Gasteiger partial charge in [0.25, 0.3) is 11.8 Å². The van der Waals surface area contributed by atoms with Crippen molar-refractivity contribution in [1.82, 2.24) is 10.3 Å². The van der Waals surface area contributed by atoms with E-state index in [4.69, 9.17) is 5.73 Å². The zero-order valence-corrected chi connectivity index (χ0v) is 22.3. The Hall–Kier alpha value is -3.91. The molecular weight excluding hydrogens is 575 g/mol. The fraction of sp³-hybridized carbons (Fsp3) is 0.481. The molecule has 1 saturated heterocycles. The van der Waals surface area contributed by atoms with Gasteiger partial charge < -0.3 is 21.3 Å². The number of anilines is 2. The number of carbonyl (C=O) groups excluding carboxylic acids is 3. The van der Waals surface area contributed by atoms with Crippen molar-refractivity contribution in [2.45, 2.75) is 62.7 Å². The van der Waals surface area contributed by atoms with E-state index in [2.05, 4.69) is 15.2 Å². The first-order valence-corrected chi connectivity index (χ1v) is 13.1. The molecule has 2 amide bonds. The van der Waals surface area contributed by atoms with Gasteiger partial charge in [0, 0.05) is 41.6 Å². The molecule has 3 atom stereocenters. The topological polar surface area (TPSA) is 117 Å². The summed E-state index contributed by atoms with van der Waals surface area (Å²) >= 11 is 0. The normalized spacial score (nSPS) is 21.0. The van der Waals surface area contributed by atoms with E-state index in [0.29, 0.717) is 24.2 Å². The minimum absolute atomic E-state index is 0.0479. The molecule has 0 spiro atoms. The number of nitrogens with one attached hydrogen (secondary N) is 2. The number of hydrogen-bond donors (Lipinski definition) is 3. The van der Waals surface area contributed by atoms with Crippen LogP contribution in [0.25, 0.3) is 0 Å². The molecule has 0 radical (unpaired) electrons. The van der Waals surface area contributed by atoms with E-state index in [1.807, 2.05) is 0 Å². The minimum atomic E-state index is -6.52. The molecule has 3 unspecified atom stereocenters. The number of hydrogen-bond acceptors (Lipinski definition) is 6. The Balaban J connectivity index is 1.47. The highest BCUT2D eigenvalue weighted by Crippen LogP contribution is 2.46. The van der Waals surface area contributed by atoms with Crippen molar-refractivity contribution in [1.29, 1.82) is 0 Å². The summed E-state index contributed by atoms with van der Waals surface area (Å²) < 4.78 is 91.8. The van der Waals surface area contributed by atoms with Crippen molar-refractivity contribution in [3.8, 4) is 0 Å². The van der Waals surface area contributed by atoms with Gasteiger partial charge in [0.2, 0.25) is 0 Å². The van der Waals surface area contributed by atoms with Crippen LogP contribution in [0.2, 0.25) is 0 Å². The largest absolute Gasteiger partial charge is 0.459 e. The van der Waals surface area contributed by atoms with Crippen LogP contribution in [0.4, 0.5) is 42.2 Å². The van der Waals surface area contributed by atoms with E-state index >= 15 is 0 Å². The number of alkyl halides is 7. The average molecular weight is 604 g/mol. The molecule has 2 fully saturated rings. The Kier molecular flexibility index (Phi) is 8.43. The van der Waals surface area contributed by atoms with E-state index in [1.165, 1.54) is 13.1 Å². The van der Waals surface area contributed by atoms with E-state index in [9.17, 15) is 45.1 Å². The Morgan fingerprint density at radius 1 is 1.02 bits per heavy atom. The SMILES string of the molecule is CC(=O)c1ccc(N2CCCC3CC(NC(=O)c4ccc(C(N)=O)c(NCC(F)(F)C(F)(F)C(F)(F)F)c4)CC32)nc1. The fourth-order valence-corrected chi connectivity index (χ4v) is 5.49. The standard InChI is InChI=1S/C27H28F7N5O3/c1-14(40)17-5-7-22(36-12-17)39-8-2-3-15-9-18(11-21(15)39)38-24(42)16-4-6-19(23(35)41)20(10-16)37-13-25(28,29)26(30,31)27(32,33)34/h4-7,10,12,15,18,21,37H,2-3,8-9,11,13H2,1H3,(H2,35,41)(H,38,42). The maximum Gasteiger partial charge on any atom is 0.459 e. The minimum Gasteiger partial charge on any atom is -0.378 e. The highest BCUT2D eigenvalue weighted by atomic mass is 19.4. The van der Waals surface area contributed by atoms with E-state index < -0.39 is 47.6 Å². The van der Waals surface area contributed by atoms with Crippen LogP contribution in [0.5, 0.6) is 0 Å². The van der Waals surface area contributed by atoms with Crippen LogP contribution in [-0.2, 0) is 0 Å². The molecule has 4 rings (SSSR count). The zero-order chi connectivity index (χ0) is 31.0. The summed E-state index contributed by atoms with van der Waals surface area (Å²) in [5.74, 6) is -13.0. The molecule has 1 aromatic heterocycles. The van der Waals surface area contributed by atoms with Gasteiger partial charge in [-0.25, -0.2) is 4.98 Å². The van der Waals surface area contributed by atoms with Crippen LogP contribution in [-0.4, -0.2) is 65.8 Å². The summed E-state index contributed by atoms with van der Waals surface area (Å²) in [6.07, 6.45) is -2.03. The van der Waals surface area contributed by atoms with Gasteiger partial charge in [-0.05, 0) is 68.9 Å². The predicted molar refractivity (Wildman–Crippen MR) is 138 cm³/mol. The second kappa shape index (κ2) is 11.4. The van der Waals surface area contributed by atoms with Crippen LogP contribution < -0.4 is 21.3 Å². The van der Waals surface area contributed by atoms with Crippen molar-refractivity contribution in [3.63, 3.8) is 0 Å². The number of aromatic nitrogens is 1. The molecule has 42 heavy (non-hydrogen) atoms. The smallest absolute Gasteiger partial charge is 0.378 e. The Labute approximate surface area is 235 Å². The summed E-state index contributed by atoms with van der Waals surface area (Å²) in [5.41, 5.74) is 4.45. The van der Waals surface area contributed by atoms with Crippen LogP contribution >= 0.6 is 0 Å². The van der Waals surface area contributed by atoms with Gasteiger partial charge >= 0.3 is 18.0 Å². The number of fused-ring (bicyclic) bond motifs is 1. The second-order valence-corrected chi connectivity index (χ2v) is 10.5. The summed E-state index contributed by atoms with van der Waals surface area (Å²) in [5, 5.41) is 4.58. The first-order valence-electron chi connectivity index (χ1n) is 13.1. The monoisotopic (exact) mass is 603 g/mol. The van der Waals surface area contributed by atoms with Crippen LogP contribution in [0.15, 0.2) is 36.5 Å². The number of primary amides is 1. The number of nitrogens with two attached hydrogens (primary N) is 1. The lowest BCUT2D eigenvalue weighted by atomic mass is 9.92. The molecule has 1 aliphatic heterocycles. The molecule has 2 heterocycles. The average Bonchev–Trinajstić information content (AvgIpc) is 3.33. The quantitative estimate of drug-likeness (QED) is 0.280. The van der Waals surface area contributed by atoms with Crippen LogP contribution in [0.1, 0.15) is 63.7 Å². The number of amides is 2. The van der Waals surface area contributed by atoms with Crippen molar-refractivity contribution in [2.75, 3.05) is 23.3 Å². The fourth-order valence-electron chi connectivity index (χ4n) is 5.49. The summed E-state index contributed by atoms with van der Waals surface area (Å²) in [6, 6.07) is 6.27. The van der Waals surface area contributed by atoms with Gasteiger partial charge in [0.05, 0.1) is 12.1 Å². The summed E-state index contributed by atoms with van der Waals surface area (Å²) in [6.45, 7) is -0.00994. The lowest BCUT2D eigenvalue weighted by Gasteiger charge is -2.38. The van der Waals surface area contributed by atoms with Crippen LogP contribution in [0, 0.1) is 5.92 Å². The molecule has 8 nitrogen and oxygen atoms in total. The third kappa shape index (κ3) is 6.14. The lowest BCUT2D eigenvalue weighted by Crippen LogP contribution is -2.55. The number of rotatable bonds is 9. The molecule has 1 aliphatic carbocycles. The molecule has 0 bridgehead atoms. The van der Waals surface area contributed by atoms with Gasteiger partial charge in [-0.2, -0.15) is 30.7 Å². The first-order chi connectivity index (χ1) is 19.5. The highest BCUT2D eigenvalue weighted by molar-refractivity contribution is 6.02. The summed E-state index contributed by atoms with van der Waals surface area (Å²) in [4.78, 5) is 42.9. The van der Waals surface area contributed by atoms with Crippen molar-refractivity contribution in [3.05, 3.63) is 53.2 Å². The molecule has 228 valence electrons. The second-order valence-electron chi connectivity index (χ2n) is 10.5. The Morgan fingerprint density at radius 3 is 2.31 bits per heavy atom. The van der Waals surface area contributed by atoms with Gasteiger partial charge in [0.1, 0.15) is 5.82 Å². The van der Waals surface area contributed by atoms with E-state index in [-0.39, 0.29) is 29.3 Å². The van der Waals surface area contributed by atoms with Gasteiger partial charge in [-0.3, -0.25) is 14.4 Å². The van der Waals surface area contributed by atoms with Crippen molar-refractivity contribution in [2.24, 2.45) is 11.7 Å². The molecule has 2 aromatic rings. The Morgan fingerprint density at radius 2 is 1.71 bits per heavy atom. The molecule has 4 N–H and O–H groups in total. The number of ketones is 1. The van der Waals surface area contributed by atoms with E-state index in [1.54, 1.807) is 17.4 Å². The maximum atomic E-state index is 13.8. The van der Waals surface area contributed by atoms with Gasteiger partial charge in [-0.15, -0.1) is 0 Å². The van der Waals surface area contributed by atoms with Crippen molar-refractivity contribution < 1.29 is 45.1 Å². The number of piperidine rings is 1. The number of nitrogens with zero attached hydrogens (tertiary/aromatic N) is 2. The summed E-state index contributed by atoms with van der Waals surface area (Å²) in [7, 11) is 0. The zero-order valence-electron chi connectivity index (χ0n) is 22.3. The van der Waals surface area contributed by atoms with Crippen LogP contribution in [0.3, 0.4) is 0 Å². The third-order valence-electron chi connectivity index (χ3n) is 7.68. The lowest BCUT2D eigenvalue weighted by molar-refractivity contribution is -0.350. The maximum absolute atomic E-state index is 13.8. The Bertz CT molecular complexity index is 1350. The predicted octanol–water partition coefficient (Wildman–Crippen LogP) is 4.81. The van der Waals surface area contributed by atoms with Crippen molar-refractivity contribution >= 4 is 29.1 Å². The highest BCUT2D eigenvalue weighted by Gasteiger charge is 2.72. The first kappa shape index (κ1) is 31.0. The van der Waals surface area contributed by atoms with Gasteiger partial charge in [-0.1, -0.05) is 0 Å². The molecular formula is C27H28F7N5O3. The number of Topliss-reactive ketones (excluding diaryl/α,β-unsaturated/α-hetero) is 1. The number of halogens is 7. The molecule has 15 heteroatoms. The number of carbonyl (C=O) groups is 3. The molecule has 2 aliphatic rings. The molecule has 1 aromatic carbocycles. The van der Waals surface area contributed by atoms with Gasteiger partial charge in [0.15, 0.2) is 5.78 Å².